The van der Waals surface area contributed by atoms with Crippen molar-refractivity contribution in [2.45, 2.75) is 52.0 Å². The molecule has 3 saturated heterocycles. The van der Waals surface area contributed by atoms with Gasteiger partial charge in [-0.15, -0.1) is 0 Å². The molecule has 2 atom stereocenters. The Morgan fingerprint density at radius 3 is 2.32 bits per heavy atom. The number of hydrogen-bond donors (Lipinski definition) is 0. The maximum absolute atomic E-state index is 13.3. The van der Waals surface area contributed by atoms with Crippen LogP contribution in [-0.2, 0) is 9.59 Å². The Bertz CT molecular complexity index is 447. The second-order valence-electron chi connectivity index (χ2n) is 7.09. The van der Waals surface area contributed by atoms with Crippen LogP contribution in [0.4, 0.5) is 0 Å². The van der Waals surface area contributed by atoms with Crippen LogP contribution >= 0.6 is 0 Å². The molecule has 0 aliphatic carbocycles. The van der Waals surface area contributed by atoms with Gasteiger partial charge in [0.2, 0.25) is 11.8 Å². The molecule has 3 aliphatic rings. The molecule has 5 heteroatoms. The van der Waals surface area contributed by atoms with Gasteiger partial charge in [0.1, 0.15) is 0 Å². The van der Waals surface area contributed by atoms with Crippen LogP contribution in [0.25, 0.3) is 0 Å². The van der Waals surface area contributed by atoms with E-state index in [-0.39, 0.29) is 11.3 Å². The van der Waals surface area contributed by atoms with Gasteiger partial charge in [0.25, 0.3) is 0 Å². The number of fused-ring (bicyclic) bond motifs is 1. The number of carbonyl (C=O) groups excluding carboxylic acids is 2. The maximum Gasteiger partial charge on any atom is 0.230 e. The monoisotopic (exact) mass is 307 g/mol. The van der Waals surface area contributed by atoms with Crippen LogP contribution in [0.5, 0.6) is 0 Å². The third kappa shape index (κ3) is 2.53. The fourth-order valence-electron chi connectivity index (χ4n) is 4.77. The summed E-state index contributed by atoms with van der Waals surface area (Å²) in [5.41, 5.74) is -0.245. The van der Waals surface area contributed by atoms with Crippen LogP contribution in [-0.4, -0.2) is 71.8 Å². The summed E-state index contributed by atoms with van der Waals surface area (Å²) in [6, 6.07) is 0.315. The molecule has 124 valence electrons. The Kier molecular flexibility index (Phi) is 4.44. The highest BCUT2D eigenvalue weighted by atomic mass is 16.2. The molecule has 0 aromatic heterocycles. The van der Waals surface area contributed by atoms with Crippen molar-refractivity contribution in [2.75, 3.05) is 39.3 Å². The molecular formula is C17H29N3O2. The van der Waals surface area contributed by atoms with Crippen molar-refractivity contribution in [1.29, 1.82) is 0 Å². The van der Waals surface area contributed by atoms with Gasteiger partial charge in [-0.2, -0.15) is 0 Å². The minimum absolute atomic E-state index is 0.145. The number of likely N-dealkylation sites (tertiary alicyclic amines) is 3. The fourth-order valence-corrected chi connectivity index (χ4v) is 4.77. The average Bonchev–Trinajstić information content (AvgIpc) is 3.11. The summed E-state index contributed by atoms with van der Waals surface area (Å²) < 4.78 is 0. The van der Waals surface area contributed by atoms with E-state index in [0.29, 0.717) is 11.9 Å². The van der Waals surface area contributed by atoms with E-state index < -0.39 is 0 Å². The predicted molar refractivity (Wildman–Crippen MR) is 85.4 cm³/mol. The van der Waals surface area contributed by atoms with Crippen LogP contribution in [0.2, 0.25) is 0 Å². The lowest BCUT2D eigenvalue weighted by Gasteiger charge is -2.38. The molecule has 0 spiro atoms. The fraction of sp³-hybridized carbons (Fsp3) is 0.882. The van der Waals surface area contributed by atoms with E-state index in [0.717, 1.165) is 71.4 Å². The summed E-state index contributed by atoms with van der Waals surface area (Å²) in [7, 11) is 0. The molecular weight excluding hydrogens is 278 g/mol. The Morgan fingerprint density at radius 1 is 1.00 bits per heavy atom. The van der Waals surface area contributed by atoms with Crippen LogP contribution in [0, 0.1) is 5.41 Å². The highest BCUT2D eigenvalue weighted by Gasteiger charge is 2.54. The first-order valence-corrected chi connectivity index (χ1v) is 8.87. The molecule has 3 aliphatic heterocycles. The standard InChI is InChI=1S/C17H29N3O2/c1-3-18-12-7-17(16(22)20-9-4-5-10-20)8-13-19(14(2)21)11-6-15(17)18/h15H,3-13H2,1-2H3/t15-,17-/m0/s1. The number of nitrogens with zero attached hydrogens (tertiary/aromatic N) is 3. The zero-order valence-corrected chi connectivity index (χ0v) is 14.0. The van der Waals surface area contributed by atoms with Crippen LogP contribution in [0.15, 0.2) is 0 Å². The van der Waals surface area contributed by atoms with Gasteiger partial charge < -0.3 is 9.80 Å². The summed E-state index contributed by atoms with van der Waals surface area (Å²) in [6.07, 6.45) is 5.02. The van der Waals surface area contributed by atoms with Gasteiger partial charge >= 0.3 is 0 Å². The van der Waals surface area contributed by atoms with E-state index in [9.17, 15) is 9.59 Å². The molecule has 22 heavy (non-hydrogen) atoms. The van der Waals surface area contributed by atoms with Gasteiger partial charge in [-0.3, -0.25) is 14.5 Å². The molecule has 0 unspecified atom stereocenters. The minimum Gasteiger partial charge on any atom is -0.343 e. The van der Waals surface area contributed by atoms with Gasteiger partial charge in [0, 0.05) is 39.1 Å². The molecule has 0 N–H and O–H groups in total. The van der Waals surface area contributed by atoms with Crippen LogP contribution < -0.4 is 0 Å². The van der Waals surface area contributed by atoms with Crippen molar-refractivity contribution >= 4 is 11.8 Å². The molecule has 3 fully saturated rings. The van der Waals surface area contributed by atoms with Crippen molar-refractivity contribution in [3.8, 4) is 0 Å². The maximum atomic E-state index is 13.3. The molecule has 0 aromatic rings. The molecule has 2 amide bonds. The molecule has 5 nitrogen and oxygen atoms in total. The summed E-state index contributed by atoms with van der Waals surface area (Å²) in [6.45, 7) is 9.25. The number of rotatable bonds is 2. The van der Waals surface area contributed by atoms with Crippen molar-refractivity contribution in [3.05, 3.63) is 0 Å². The Morgan fingerprint density at radius 2 is 1.68 bits per heavy atom. The lowest BCUT2D eigenvalue weighted by molar-refractivity contribution is -0.143. The first-order valence-electron chi connectivity index (χ1n) is 8.87. The third-order valence-corrected chi connectivity index (χ3v) is 6.09. The van der Waals surface area contributed by atoms with E-state index in [2.05, 4.69) is 16.7 Å². The zero-order chi connectivity index (χ0) is 15.7. The molecule has 0 bridgehead atoms. The first-order chi connectivity index (χ1) is 10.6. The molecule has 0 aromatic carbocycles. The Hall–Kier alpha value is -1.10. The summed E-state index contributed by atoms with van der Waals surface area (Å²) >= 11 is 0. The smallest absolute Gasteiger partial charge is 0.230 e. The van der Waals surface area contributed by atoms with Crippen LogP contribution in [0.1, 0.15) is 46.0 Å². The zero-order valence-electron chi connectivity index (χ0n) is 14.0. The largest absolute Gasteiger partial charge is 0.343 e. The van der Waals surface area contributed by atoms with Gasteiger partial charge in [-0.25, -0.2) is 0 Å². The van der Waals surface area contributed by atoms with Gasteiger partial charge in [0.05, 0.1) is 5.41 Å². The summed E-state index contributed by atoms with van der Waals surface area (Å²) in [5, 5.41) is 0. The first kappa shape index (κ1) is 15.8. The van der Waals surface area contributed by atoms with E-state index in [1.54, 1.807) is 6.92 Å². The summed E-state index contributed by atoms with van der Waals surface area (Å²) in [4.78, 5) is 31.6. The van der Waals surface area contributed by atoms with Gasteiger partial charge in [-0.1, -0.05) is 6.92 Å². The quantitative estimate of drug-likeness (QED) is 0.773. The normalized spacial score (nSPS) is 32.9. The molecule has 3 heterocycles. The number of amides is 2. The van der Waals surface area contributed by atoms with Crippen molar-refractivity contribution in [3.63, 3.8) is 0 Å². The highest BCUT2D eigenvalue weighted by Crippen LogP contribution is 2.45. The highest BCUT2D eigenvalue weighted by molar-refractivity contribution is 5.84. The second-order valence-corrected chi connectivity index (χ2v) is 7.09. The van der Waals surface area contributed by atoms with E-state index in [1.165, 1.54) is 0 Å². The third-order valence-electron chi connectivity index (χ3n) is 6.09. The lowest BCUT2D eigenvalue weighted by Crippen LogP contribution is -2.50. The van der Waals surface area contributed by atoms with E-state index in [4.69, 9.17) is 0 Å². The molecule has 0 radical (unpaired) electrons. The van der Waals surface area contributed by atoms with Crippen molar-refractivity contribution < 1.29 is 9.59 Å². The Labute approximate surface area is 133 Å². The predicted octanol–water partition coefficient (Wildman–Crippen LogP) is 1.33. The van der Waals surface area contributed by atoms with E-state index >= 15 is 0 Å². The Balaban J connectivity index is 1.86. The second kappa shape index (κ2) is 6.19. The lowest BCUT2D eigenvalue weighted by atomic mass is 9.75. The molecule has 3 rings (SSSR count). The van der Waals surface area contributed by atoms with E-state index in [1.807, 2.05) is 4.90 Å². The van der Waals surface area contributed by atoms with Crippen LogP contribution in [0.3, 0.4) is 0 Å². The van der Waals surface area contributed by atoms with Gasteiger partial charge in [-0.05, 0) is 45.2 Å². The SMILES string of the molecule is CCN1CC[C@]2(C(=O)N3CCCC3)CCN(C(C)=O)CC[C@H]12. The average molecular weight is 307 g/mol. The number of carbonyl (C=O) groups is 2. The summed E-state index contributed by atoms with van der Waals surface area (Å²) in [5.74, 6) is 0.517. The van der Waals surface area contributed by atoms with Crippen molar-refractivity contribution in [2.24, 2.45) is 5.41 Å². The van der Waals surface area contributed by atoms with Crippen molar-refractivity contribution in [1.82, 2.24) is 14.7 Å². The number of hydrogen-bond acceptors (Lipinski definition) is 3. The van der Waals surface area contributed by atoms with Gasteiger partial charge in [0.15, 0.2) is 0 Å². The molecule has 0 saturated carbocycles. The topological polar surface area (TPSA) is 43.9 Å². The minimum atomic E-state index is -0.245.